The minimum absolute atomic E-state index is 0.218. The van der Waals surface area contributed by atoms with Crippen LogP contribution in [-0.4, -0.2) is 49.0 Å². The Labute approximate surface area is 179 Å². The number of alkyl halides is 2. The topological polar surface area (TPSA) is 127 Å². The monoisotopic (exact) mass is 475 g/mol. The quantitative estimate of drug-likeness (QED) is 0.637. The van der Waals surface area contributed by atoms with Crippen LogP contribution in [-0.2, 0) is 15.6 Å². The van der Waals surface area contributed by atoms with E-state index in [1.807, 2.05) is 0 Å². The maximum Gasteiger partial charge on any atom is 0.387 e. The predicted octanol–water partition coefficient (Wildman–Crippen LogP) is 2.02. The summed E-state index contributed by atoms with van der Waals surface area (Å²) in [4.78, 5) is 20.1. The van der Waals surface area contributed by atoms with Crippen LogP contribution >= 0.6 is 0 Å². The number of rotatable bonds is 5. The molecule has 2 heterocycles. The van der Waals surface area contributed by atoms with Crippen LogP contribution in [0.25, 0.3) is 0 Å². The second kappa shape index (κ2) is 8.26. The maximum atomic E-state index is 14.6. The van der Waals surface area contributed by atoms with Crippen LogP contribution in [0.3, 0.4) is 0 Å². The van der Waals surface area contributed by atoms with E-state index in [9.17, 15) is 30.8 Å². The summed E-state index contributed by atoms with van der Waals surface area (Å²) in [6.45, 7) is -1.81. The number of halogens is 4. The number of pyridine rings is 1. The molecule has 0 saturated carbocycles. The molecule has 9 nitrogen and oxygen atoms in total. The summed E-state index contributed by atoms with van der Waals surface area (Å²) in [5, 5.41) is 2.29. The van der Waals surface area contributed by atoms with Crippen LogP contribution < -0.4 is 15.8 Å². The molecule has 14 heteroatoms. The Balaban J connectivity index is 1.93. The fourth-order valence-electron chi connectivity index (χ4n) is 3.02. The molecule has 1 aliphatic rings. The molecule has 0 unspecified atom stereocenters. The molecular weight excluding hydrogens is 458 g/mol. The second-order valence-electron chi connectivity index (χ2n) is 7.00. The number of ether oxygens (including phenoxy) is 1. The molecule has 1 aromatic carbocycles. The predicted molar refractivity (Wildman–Crippen MR) is 106 cm³/mol. The van der Waals surface area contributed by atoms with Gasteiger partial charge in [-0.15, -0.1) is 0 Å². The Morgan fingerprint density at radius 1 is 1.31 bits per heavy atom. The third-order valence-electron chi connectivity index (χ3n) is 4.63. The minimum Gasteiger partial charge on any atom is -0.433 e. The van der Waals surface area contributed by atoms with E-state index in [2.05, 4.69) is 20.0 Å². The Kier molecular flexibility index (Phi) is 6.00. The number of guanidine groups is 1. The average Bonchev–Trinajstić information content (AvgIpc) is 2.68. The normalized spacial score (nSPS) is 20.1. The molecule has 1 aromatic heterocycles. The van der Waals surface area contributed by atoms with Gasteiger partial charge in [0, 0.05) is 24.4 Å². The lowest BCUT2D eigenvalue weighted by Gasteiger charge is -2.34. The first-order valence-electron chi connectivity index (χ1n) is 8.86. The molecule has 0 aliphatic carbocycles. The molecule has 1 aliphatic heterocycles. The number of hydrogen-bond donors (Lipinski definition) is 2. The molecule has 0 radical (unpaired) electrons. The van der Waals surface area contributed by atoms with Crippen molar-refractivity contribution < 1.29 is 35.5 Å². The van der Waals surface area contributed by atoms with Crippen LogP contribution in [0.1, 0.15) is 23.0 Å². The van der Waals surface area contributed by atoms with Gasteiger partial charge in [-0.3, -0.25) is 4.79 Å². The number of nitrogens with zero attached hydrogens (tertiary/aromatic N) is 3. The zero-order valence-electron chi connectivity index (χ0n) is 16.6. The highest BCUT2D eigenvalue weighted by Gasteiger charge is 2.42. The number of hydrogen-bond acceptors (Lipinski definition) is 7. The number of amides is 1. The van der Waals surface area contributed by atoms with Gasteiger partial charge >= 0.3 is 6.61 Å². The standard InChI is InChI=1S/C18H17F4N5O4S/c1-18(8-32(29,30)27(2)17(23)26-18)11-5-9(6-12(19)14(11)20)25-15(28)13-4-3-10(7-24-13)31-16(21)22/h3-7,16H,8H2,1-2H3,(H2,23,26)(H,25,28)/t18-/m0/s1. The molecular formula is C18H17F4N5O4S. The fourth-order valence-corrected chi connectivity index (χ4v) is 4.47. The third kappa shape index (κ3) is 4.59. The molecule has 0 saturated heterocycles. The Morgan fingerprint density at radius 3 is 2.56 bits per heavy atom. The average molecular weight is 475 g/mol. The van der Waals surface area contributed by atoms with Crippen molar-refractivity contribution in [1.82, 2.24) is 9.29 Å². The molecule has 1 amide bonds. The number of anilines is 1. The van der Waals surface area contributed by atoms with Crippen LogP contribution in [0.4, 0.5) is 23.2 Å². The van der Waals surface area contributed by atoms with E-state index in [1.165, 1.54) is 14.0 Å². The second-order valence-corrected chi connectivity index (χ2v) is 9.00. The van der Waals surface area contributed by atoms with E-state index in [4.69, 9.17) is 5.73 Å². The van der Waals surface area contributed by atoms with E-state index < -0.39 is 57.0 Å². The van der Waals surface area contributed by atoms with E-state index in [1.54, 1.807) is 0 Å². The summed E-state index contributed by atoms with van der Waals surface area (Å²) < 4.78 is 82.8. The van der Waals surface area contributed by atoms with Crippen molar-refractivity contribution in [3.8, 4) is 5.75 Å². The third-order valence-corrected chi connectivity index (χ3v) is 6.57. The van der Waals surface area contributed by atoms with Gasteiger partial charge in [-0.05, 0) is 25.1 Å². The fraction of sp³-hybridized carbons (Fsp3) is 0.278. The van der Waals surface area contributed by atoms with Crippen molar-refractivity contribution in [2.75, 3.05) is 18.1 Å². The molecule has 32 heavy (non-hydrogen) atoms. The van der Waals surface area contributed by atoms with Gasteiger partial charge in [0.25, 0.3) is 5.91 Å². The molecule has 0 fully saturated rings. The van der Waals surface area contributed by atoms with Gasteiger partial charge in [-0.2, -0.15) is 8.78 Å². The highest BCUT2D eigenvalue weighted by Crippen LogP contribution is 2.35. The molecule has 0 spiro atoms. The SMILES string of the molecule is CN1C(N)=N[C@](C)(c2cc(NC(=O)c3ccc(OC(F)F)cn3)cc(F)c2F)CS1(=O)=O. The number of carbonyl (C=O) groups excluding carboxylic acids is 1. The van der Waals surface area contributed by atoms with Gasteiger partial charge in [-0.25, -0.2) is 31.5 Å². The summed E-state index contributed by atoms with van der Waals surface area (Å²) in [6, 6.07) is 3.88. The summed E-state index contributed by atoms with van der Waals surface area (Å²) >= 11 is 0. The van der Waals surface area contributed by atoms with Crippen LogP contribution in [0.2, 0.25) is 0 Å². The number of nitrogens with two attached hydrogens (primary N) is 1. The van der Waals surface area contributed by atoms with Crippen molar-refractivity contribution in [2.45, 2.75) is 19.1 Å². The lowest BCUT2D eigenvalue weighted by Crippen LogP contribution is -2.50. The first-order valence-corrected chi connectivity index (χ1v) is 10.5. The zero-order valence-corrected chi connectivity index (χ0v) is 17.5. The van der Waals surface area contributed by atoms with Gasteiger partial charge in [-0.1, -0.05) is 0 Å². The summed E-state index contributed by atoms with van der Waals surface area (Å²) in [7, 11) is -2.79. The van der Waals surface area contributed by atoms with Crippen molar-refractivity contribution in [2.24, 2.45) is 10.7 Å². The number of aliphatic imine (C=N–C) groups is 1. The van der Waals surface area contributed by atoms with Gasteiger partial charge in [0.2, 0.25) is 16.0 Å². The summed E-state index contributed by atoms with van der Waals surface area (Å²) in [5.74, 6) is -4.97. The Morgan fingerprint density at radius 2 is 2.00 bits per heavy atom. The number of sulfonamides is 1. The molecule has 0 bridgehead atoms. The van der Waals surface area contributed by atoms with E-state index in [-0.39, 0.29) is 17.1 Å². The van der Waals surface area contributed by atoms with Crippen molar-refractivity contribution >= 4 is 27.6 Å². The number of carbonyl (C=O) groups is 1. The van der Waals surface area contributed by atoms with Crippen molar-refractivity contribution in [1.29, 1.82) is 0 Å². The molecule has 3 N–H and O–H groups in total. The van der Waals surface area contributed by atoms with Gasteiger partial charge in [0.15, 0.2) is 11.6 Å². The molecule has 3 rings (SSSR count). The highest BCUT2D eigenvalue weighted by molar-refractivity contribution is 7.89. The van der Waals surface area contributed by atoms with Crippen molar-refractivity contribution in [3.63, 3.8) is 0 Å². The van der Waals surface area contributed by atoms with E-state index >= 15 is 0 Å². The number of benzene rings is 1. The van der Waals surface area contributed by atoms with Gasteiger partial charge in [0.05, 0.1) is 11.9 Å². The Hall–Kier alpha value is -3.42. The van der Waals surface area contributed by atoms with Crippen molar-refractivity contribution in [3.05, 3.63) is 53.4 Å². The zero-order chi connectivity index (χ0) is 23.8. The highest BCUT2D eigenvalue weighted by atomic mass is 32.2. The lowest BCUT2D eigenvalue weighted by atomic mass is 9.93. The maximum absolute atomic E-state index is 14.6. The van der Waals surface area contributed by atoms with Crippen LogP contribution in [0, 0.1) is 11.6 Å². The van der Waals surface area contributed by atoms with Crippen LogP contribution in [0.15, 0.2) is 35.5 Å². The Bertz CT molecular complexity index is 1190. The molecule has 2 aromatic rings. The lowest BCUT2D eigenvalue weighted by molar-refractivity contribution is -0.0500. The van der Waals surface area contributed by atoms with Gasteiger partial charge < -0.3 is 15.8 Å². The molecule has 1 atom stereocenters. The molecule has 172 valence electrons. The first-order chi connectivity index (χ1) is 14.8. The first kappa shape index (κ1) is 23.2. The van der Waals surface area contributed by atoms with E-state index in [0.717, 1.165) is 28.7 Å². The van der Waals surface area contributed by atoms with Crippen LogP contribution in [0.5, 0.6) is 5.75 Å². The smallest absolute Gasteiger partial charge is 0.387 e. The number of aromatic nitrogens is 1. The number of nitrogens with one attached hydrogen (secondary N) is 1. The largest absolute Gasteiger partial charge is 0.433 e. The van der Waals surface area contributed by atoms with Gasteiger partial charge in [0.1, 0.15) is 17.0 Å². The summed E-state index contributed by atoms with van der Waals surface area (Å²) in [6.07, 6.45) is 0.889. The summed E-state index contributed by atoms with van der Waals surface area (Å²) in [5.41, 5.74) is 2.98. The minimum atomic E-state index is -3.96. The van der Waals surface area contributed by atoms with E-state index in [0.29, 0.717) is 6.07 Å².